The lowest BCUT2D eigenvalue weighted by Crippen LogP contribution is -2.26. The second-order valence-electron chi connectivity index (χ2n) is 3.75. The number of hydrogen-bond donors (Lipinski definition) is 0. The molecule has 1 aromatic carbocycles. The Hall–Kier alpha value is -2.23. The minimum atomic E-state index is -0.0276. The maximum atomic E-state index is 11.7. The number of carbonyl (C=O) groups is 1. The number of carbonyl (C=O) groups excluding carboxylic acids is 1. The lowest BCUT2D eigenvalue weighted by molar-refractivity contribution is -0.576. The lowest BCUT2D eigenvalue weighted by Gasteiger charge is -2.10. The second kappa shape index (κ2) is 3.13. The van der Waals surface area contributed by atoms with E-state index in [1.165, 1.54) is 12.4 Å². The van der Waals surface area contributed by atoms with E-state index in [9.17, 15) is 10.0 Å². The van der Waals surface area contributed by atoms with Crippen LogP contribution in [-0.2, 0) is 11.2 Å². The van der Waals surface area contributed by atoms with Crippen molar-refractivity contribution in [2.45, 2.75) is 6.42 Å². The van der Waals surface area contributed by atoms with Gasteiger partial charge in [0, 0.05) is 12.5 Å². The molecule has 0 unspecified atom stereocenters. The van der Waals surface area contributed by atoms with Crippen molar-refractivity contribution in [3.8, 4) is 0 Å². The summed E-state index contributed by atoms with van der Waals surface area (Å²) in [5, 5.41) is 12.5. The summed E-state index contributed by atoms with van der Waals surface area (Å²) in [6.07, 6.45) is 3.05. The van der Waals surface area contributed by atoms with Gasteiger partial charge in [-0.15, -0.1) is 0 Å². The summed E-state index contributed by atoms with van der Waals surface area (Å²) in [6.45, 7) is 0. The third-order valence-corrected chi connectivity index (χ3v) is 2.69. The van der Waals surface area contributed by atoms with E-state index in [0.29, 0.717) is 17.6 Å². The van der Waals surface area contributed by atoms with Gasteiger partial charge in [-0.3, -0.25) is 4.79 Å². The van der Waals surface area contributed by atoms with E-state index in [1.807, 2.05) is 18.2 Å². The number of aliphatic imine (C=N–C) groups is 1. The molecule has 0 atom stereocenters. The molecule has 2 aromatic rings. The van der Waals surface area contributed by atoms with Crippen molar-refractivity contribution in [3.05, 3.63) is 41.2 Å². The molecule has 0 N–H and O–H groups in total. The van der Waals surface area contributed by atoms with Crippen molar-refractivity contribution in [1.82, 2.24) is 0 Å². The Kier molecular flexibility index (Phi) is 1.77. The minimum absolute atomic E-state index is 0.0276. The molecule has 0 aliphatic carbocycles. The van der Waals surface area contributed by atoms with Gasteiger partial charge in [-0.05, 0) is 17.7 Å². The first kappa shape index (κ1) is 9.03. The highest BCUT2D eigenvalue weighted by atomic mass is 16.5. The number of Topliss-reactive ketones (excluding diaryl/α,β-unsaturated/α-hetero) is 1. The van der Waals surface area contributed by atoms with Gasteiger partial charge in [0.2, 0.25) is 5.52 Å². The molecule has 0 saturated heterocycles. The predicted octanol–water partition coefficient (Wildman–Crippen LogP) is 1.30. The molecule has 0 radical (unpaired) electrons. The molecule has 3 rings (SSSR count). The van der Waals surface area contributed by atoms with Gasteiger partial charge in [0.25, 0.3) is 0 Å². The maximum absolute atomic E-state index is 11.7. The van der Waals surface area contributed by atoms with Crippen LogP contribution in [-0.4, -0.2) is 12.0 Å². The molecule has 4 nitrogen and oxygen atoms in total. The summed E-state index contributed by atoms with van der Waals surface area (Å²) in [6, 6.07) is 7.25. The first-order chi connectivity index (χ1) is 7.75. The van der Waals surface area contributed by atoms with Crippen LogP contribution in [0.5, 0.6) is 0 Å². The molecule has 1 aliphatic rings. The first-order valence-corrected chi connectivity index (χ1v) is 4.96. The number of rotatable bonds is 0. The van der Waals surface area contributed by atoms with Crippen molar-refractivity contribution in [3.63, 3.8) is 0 Å². The monoisotopic (exact) mass is 212 g/mol. The molecule has 0 bridgehead atoms. The zero-order valence-electron chi connectivity index (χ0n) is 8.38. The van der Waals surface area contributed by atoms with E-state index in [0.717, 1.165) is 15.7 Å². The highest BCUT2D eigenvalue weighted by molar-refractivity contribution is 6.30. The number of ketones is 1. The van der Waals surface area contributed by atoms with Gasteiger partial charge in [0.15, 0.2) is 12.0 Å². The molecule has 0 spiro atoms. The molecular weight excluding hydrogens is 204 g/mol. The Morgan fingerprint density at radius 1 is 1.31 bits per heavy atom. The SMILES string of the molecule is O=C1C=Nc2c(ccc3ccc[n+]([O-])c23)C1. The van der Waals surface area contributed by atoms with Gasteiger partial charge < -0.3 is 5.21 Å². The van der Waals surface area contributed by atoms with Crippen LogP contribution in [0, 0.1) is 5.21 Å². The third-order valence-electron chi connectivity index (χ3n) is 2.69. The summed E-state index contributed by atoms with van der Waals surface area (Å²) >= 11 is 0. The van der Waals surface area contributed by atoms with Gasteiger partial charge in [-0.2, -0.15) is 4.73 Å². The molecular formula is C12H8N2O2. The predicted molar refractivity (Wildman–Crippen MR) is 59.8 cm³/mol. The fourth-order valence-electron chi connectivity index (χ4n) is 1.96. The number of benzene rings is 1. The van der Waals surface area contributed by atoms with Crippen LogP contribution in [0.1, 0.15) is 5.56 Å². The Bertz CT molecular complexity index is 632. The van der Waals surface area contributed by atoms with Gasteiger partial charge in [0.05, 0.1) is 11.6 Å². The number of nitrogens with zero attached hydrogens (tertiary/aromatic N) is 2. The number of hydrogen-bond acceptors (Lipinski definition) is 3. The molecule has 1 aromatic heterocycles. The summed E-state index contributed by atoms with van der Waals surface area (Å²) in [5.74, 6) is -0.0276. The lowest BCUT2D eigenvalue weighted by atomic mass is 10.0. The van der Waals surface area contributed by atoms with Crippen LogP contribution in [0.4, 0.5) is 5.69 Å². The van der Waals surface area contributed by atoms with Crippen molar-refractivity contribution in [2.75, 3.05) is 0 Å². The van der Waals surface area contributed by atoms with E-state index in [2.05, 4.69) is 4.99 Å². The van der Waals surface area contributed by atoms with Crippen LogP contribution in [0.2, 0.25) is 0 Å². The molecule has 2 heterocycles. The van der Waals surface area contributed by atoms with E-state index in [-0.39, 0.29) is 5.78 Å². The van der Waals surface area contributed by atoms with Crippen LogP contribution >= 0.6 is 0 Å². The zero-order valence-corrected chi connectivity index (χ0v) is 8.38. The normalized spacial score (nSPS) is 14.1. The Balaban J connectivity index is 2.42. The van der Waals surface area contributed by atoms with Crippen molar-refractivity contribution in [1.29, 1.82) is 0 Å². The quantitative estimate of drug-likeness (QED) is 0.488. The zero-order chi connectivity index (χ0) is 11.1. The van der Waals surface area contributed by atoms with E-state index >= 15 is 0 Å². The van der Waals surface area contributed by atoms with E-state index in [4.69, 9.17) is 0 Å². The summed E-state index contributed by atoms with van der Waals surface area (Å²) in [5.41, 5.74) is 1.97. The first-order valence-electron chi connectivity index (χ1n) is 4.96. The highest BCUT2D eigenvalue weighted by Gasteiger charge is 2.18. The van der Waals surface area contributed by atoms with Crippen molar-refractivity contribution < 1.29 is 9.52 Å². The summed E-state index contributed by atoms with van der Waals surface area (Å²) in [4.78, 5) is 15.3. The summed E-state index contributed by atoms with van der Waals surface area (Å²) in [7, 11) is 0. The topological polar surface area (TPSA) is 56.4 Å². The average Bonchev–Trinajstić information content (AvgIpc) is 2.29. The van der Waals surface area contributed by atoms with Gasteiger partial charge in [-0.1, -0.05) is 6.07 Å². The smallest absolute Gasteiger partial charge is 0.249 e. The third kappa shape index (κ3) is 1.20. The Morgan fingerprint density at radius 2 is 2.19 bits per heavy atom. The van der Waals surface area contributed by atoms with Crippen molar-refractivity contribution >= 4 is 28.6 Å². The van der Waals surface area contributed by atoms with Gasteiger partial charge in [-0.25, -0.2) is 4.99 Å². The van der Waals surface area contributed by atoms with Crippen LogP contribution < -0.4 is 4.73 Å². The molecule has 78 valence electrons. The molecule has 0 fully saturated rings. The number of pyridine rings is 1. The van der Waals surface area contributed by atoms with E-state index in [1.54, 1.807) is 6.07 Å². The largest absolute Gasteiger partial charge is 0.618 e. The molecule has 4 heteroatoms. The second-order valence-corrected chi connectivity index (χ2v) is 3.75. The van der Waals surface area contributed by atoms with Crippen LogP contribution in [0.15, 0.2) is 35.5 Å². The molecule has 0 amide bonds. The molecule has 16 heavy (non-hydrogen) atoms. The van der Waals surface area contributed by atoms with Crippen LogP contribution in [0.25, 0.3) is 10.9 Å². The van der Waals surface area contributed by atoms with Gasteiger partial charge in [0.1, 0.15) is 5.69 Å². The van der Waals surface area contributed by atoms with E-state index < -0.39 is 0 Å². The highest BCUT2D eigenvalue weighted by Crippen LogP contribution is 2.29. The van der Waals surface area contributed by atoms with Crippen molar-refractivity contribution in [2.24, 2.45) is 4.99 Å². The molecule has 0 saturated carbocycles. The van der Waals surface area contributed by atoms with Crippen LogP contribution in [0.3, 0.4) is 0 Å². The standard InChI is InChI=1S/C12H8N2O2/c15-10-6-9-4-3-8-2-1-5-14(16)12(8)11(9)13-7-10/h1-5,7H,6H2. The fourth-order valence-corrected chi connectivity index (χ4v) is 1.96. The average molecular weight is 212 g/mol. The number of fused-ring (bicyclic) bond motifs is 3. The Labute approximate surface area is 91.4 Å². The fraction of sp³-hybridized carbons (Fsp3) is 0.0833. The Morgan fingerprint density at radius 3 is 3.06 bits per heavy atom. The van der Waals surface area contributed by atoms with Gasteiger partial charge >= 0.3 is 0 Å². The number of aromatic nitrogens is 1. The summed E-state index contributed by atoms with van der Waals surface area (Å²) < 4.78 is 0.793. The maximum Gasteiger partial charge on any atom is 0.249 e. The minimum Gasteiger partial charge on any atom is -0.618 e. The molecule has 1 aliphatic heterocycles.